The van der Waals surface area contributed by atoms with Crippen molar-refractivity contribution in [2.24, 2.45) is 0 Å². The maximum atomic E-state index is 12.7. The van der Waals surface area contributed by atoms with E-state index < -0.39 is 291 Å². The highest BCUT2D eigenvalue weighted by molar-refractivity contribution is 6.06. The molecule has 0 N–H and O–H groups in total. The van der Waals surface area contributed by atoms with Crippen LogP contribution < -0.4 is 0 Å². The van der Waals surface area contributed by atoms with E-state index in [1.165, 1.54) is 0 Å². The quantitative estimate of drug-likeness (QED) is 0.0236. The van der Waals surface area contributed by atoms with Crippen LogP contribution in [0.5, 0.6) is 0 Å². The average Bonchev–Trinajstić information content (AvgIpc) is 1.77. The molecular weight excluding hydrogens is 1920 g/mol. The molecule has 8 rings (SSSR count). The molecule has 61 heteroatoms. The van der Waals surface area contributed by atoms with Crippen LogP contribution in [0.15, 0.2) is 0 Å². The molecule has 141 heavy (non-hydrogen) atoms. The van der Waals surface area contributed by atoms with Crippen molar-refractivity contribution in [2.75, 3.05) is 225 Å². The van der Waals surface area contributed by atoms with E-state index in [9.17, 15) is 115 Å². The van der Waals surface area contributed by atoms with Crippen LogP contribution in [0, 0.1) is 0 Å². The fourth-order valence-corrected chi connectivity index (χ4v) is 12.1. The number of imide groups is 8. The SMILES string of the molecule is O=C(COCCOCC(COCC(COCC(COCC(COCC(COCC(COOCC(=O)ON1C(=O)CCC1=O)OCCOCC(=O)ON1C(=O)CCC1=O)OCCOCC(=O)ON1C(=O)CCC1=O)OCCOCC(=O)ON1C(=O)CCC1=O)OCCOCC(=O)ON1C(=O)CCC1=O)OCCOCC(=O)ON1C(=O)CCC1=O)OCCOCC(=O)ON1C(=O)CCC1=O)ON1C(=O)CCC1=O. The number of nitrogens with zero attached hydrogens (tertiary/aromatic N) is 8. The minimum absolute atomic E-state index is 0.154. The lowest BCUT2D eigenvalue weighted by molar-refractivity contribution is -0.310. The van der Waals surface area contributed by atoms with Crippen molar-refractivity contribution in [1.29, 1.82) is 0 Å². The van der Waals surface area contributed by atoms with Crippen LogP contribution in [0.4, 0.5) is 0 Å². The summed E-state index contributed by atoms with van der Waals surface area (Å²) in [6.07, 6.45) is -9.74. The molecule has 0 bridgehead atoms. The van der Waals surface area contributed by atoms with Crippen molar-refractivity contribution in [3.63, 3.8) is 0 Å². The summed E-state index contributed by atoms with van der Waals surface area (Å²) in [5, 5.41) is 2.46. The highest BCUT2D eigenvalue weighted by Crippen LogP contribution is 2.21. The molecule has 8 fully saturated rings. The summed E-state index contributed by atoms with van der Waals surface area (Å²) in [4.78, 5) is 343. The second-order valence-corrected chi connectivity index (χ2v) is 30.0. The van der Waals surface area contributed by atoms with E-state index in [2.05, 4.69) is 0 Å². The van der Waals surface area contributed by atoms with Crippen LogP contribution in [-0.2, 0) is 254 Å². The van der Waals surface area contributed by atoms with Crippen molar-refractivity contribution < 1.29 is 254 Å². The van der Waals surface area contributed by atoms with Crippen LogP contribution in [0.2, 0.25) is 0 Å². The summed E-state index contributed by atoms with van der Waals surface area (Å²) in [6.45, 7) is -15.7. The Morgan fingerprint density at radius 3 is 0.447 bits per heavy atom. The molecule has 8 aliphatic rings. The number of hydrogen-bond acceptors (Lipinski definition) is 53. The number of rotatable bonds is 76. The second-order valence-electron chi connectivity index (χ2n) is 30.0. The number of carbonyl (C=O) groups is 24. The molecule has 8 aliphatic heterocycles. The fourth-order valence-electron chi connectivity index (χ4n) is 12.1. The van der Waals surface area contributed by atoms with Gasteiger partial charge in [0.2, 0.25) is 0 Å². The molecule has 0 radical (unpaired) electrons. The third-order valence-electron chi connectivity index (χ3n) is 18.8. The first-order valence-corrected chi connectivity index (χ1v) is 43.9. The van der Waals surface area contributed by atoms with Crippen LogP contribution in [0.25, 0.3) is 0 Å². The first-order valence-electron chi connectivity index (χ1n) is 43.9. The first-order chi connectivity index (χ1) is 67.9. The van der Waals surface area contributed by atoms with Gasteiger partial charge in [0.25, 0.3) is 94.5 Å². The van der Waals surface area contributed by atoms with Gasteiger partial charge in [-0.05, 0) is 0 Å². The Morgan fingerprint density at radius 1 is 0.156 bits per heavy atom. The van der Waals surface area contributed by atoms with Crippen LogP contribution in [0.1, 0.15) is 103 Å². The normalized spacial score (nSPS) is 17.6. The van der Waals surface area contributed by atoms with E-state index >= 15 is 0 Å². The van der Waals surface area contributed by atoms with Gasteiger partial charge in [-0.1, -0.05) is 0 Å². The summed E-state index contributed by atoms with van der Waals surface area (Å²) >= 11 is 0. The summed E-state index contributed by atoms with van der Waals surface area (Å²) in [5.41, 5.74) is 0. The first kappa shape index (κ1) is 114. The molecule has 0 saturated carbocycles. The number of hydroxylamine groups is 16. The molecule has 6 unspecified atom stereocenters. The lowest BCUT2D eigenvalue weighted by Gasteiger charge is -2.24. The third kappa shape index (κ3) is 42.8. The minimum atomic E-state index is -1.22. The molecule has 0 aliphatic carbocycles. The van der Waals surface area contributed by atoms with E-state index in [0.29, 0.717) is 35.4 Å². The molecule has 784 valence electrons. The predicted octanol–water partition coefficient (Wildman–Crippen LogP) is -7.68. The highest BCUT2D eigenvalue weighted by Gasteiger charge is 2.41. The zero-order valence-corrected chi connectivity index (χ0v) is 76.0. The van der Waals surface area contributed by atoms with E-state index in [1.807, 2.05) is 0 Å². The van der Waals surface area contributed by atoms with E-state index in [-0.39, 0.29) is 220 Å². The smallest absolute Gasteiger partial charge is 0.361 e. The number of amides is 16. The largest absolute Gasteiger partial charge is 0.376 e. The zero-order chi connectivity index (χ0) is 102. The summed E-state index contributed by atoms with van der Waals surface area (Å²) in [5.74, 6) is -21.1. The van der Waals surface area contributed by atoms with Gasteiger partial charge < -0.3 is 129 Å². The summed E-state index contributed by atoms with van der Waals surface area (Å²) in [7, 11) is 0. The summed E-state index contributed by atoms with van der Waals surface area (Å²) in [6, 6.07) is 0. The Morgan fingerprint density at radius 2 is 0.284 bits per heavy atom. The zero-order valence-electron chi connectivity index (χ0n) is 76.0. The van der Waals surface area contributed by atoms with Gasteiger partial charge in [0, 0.05) is 103 Å². The van der Waals surface area contributed by atoms with Gasteiger partial charge in [-0.15, -0.1) is 40.5 Å². The average molecular weight is 2030 g/mol. The summed E-state index contributed by atoms with van der Waals surface area (Å²) < 4.78 is 110. The Labute approximate surface area is 797 Å². The monoisotopic (exact) mass is 2030 g/mol. The predicted molar refractivity (Wildman–Crippen MR) is 428 cm³/mol. The van der Waals surface area contributed by atoms with Crippen molar-refractivity contribution in [3.8, 4) is 0 Å². The third-order valence-corrected chi connectivity index (χ3v) is 18.8. The lowest BCUT2D eigenvalue weighted by atomic mass is 10.3. The molecule has 16 amide bonds. The highest BCUT2D eigenvalue weighted by atomic mass is 17.2. The van der Waals surface area contributed by atoms with Crippen LogP contribution >= 0.6 is 0 Å². The van der Waals surface area contributed by atoms with Gasteiger partial charge in [0.05, 0.1) is 165 Å². The van der Waals surface area contributed by atoms with Gasteiger partial charge >= 0.3 is 47.8 Å². The van der Waals surface area contributed by atoms with Crippen molar-refractivity contribution in [2.45, 2.75) is 139 Å². The molecule has 0 aromatic rings. The maximum Gasteiger partial charge on any atom is 0.361 e. The Bertz CT molecular complexity index is 4220. The molecule has 0 aromatic carbocycles. The number of carbonyl (C=O) groups excluding carboxylic acids is 24. The van der Waals surface area contributed by atoms with Gasteiger partial charge in [0.1, 0.15) is 89.5 Å². The molecule has 8 saturated heterocycles. The van der Waals surface area contributed by atoms with Gasteiger partial charge in [-0.25, -0.2) is 48.1 Å². The molecule has 0 aromatic heterocycles. The standard InChI is InChI=1S/C80H106N8O53/c89-57-1-2-58(90)81(57)134-73(105)43-114-18-17-113-31-51(126-25-19-115-44-74(106)135-82-59(91)3-4-60(82)92)32-121-33-52(127-26-20-116-45-75(107)136-83-61(93)5-6-62(83)94)34-122-35-53(128-27-21-117-46-76(108)137-84-63(95)7-8-64(84)96)36-123-37-54(129-28-22-118-47-77(109)138-85-65(97)9-10-66(85)98)38-124-39-55(130-29-23-119-48-78(110)139-86-67(99)11-12-68(86)100)40-125-41-56(42-132-133-50-80(112)141-88-71(103)15-16-72(88)104)131-30-24-120-49-79(111)140-87-69(101)13-14-70(87)102/h51-56H,1-50H2. The van der Waals surface area contributed by atoms with Gasteiger partial charge in [0.15, 0.2) is 6.61 Å². The molecule has 6 atom stereocenters. The maximum absolute atomic E-state index is 12.7. The topological polar surface area (TPSA) is 703 Å². The van der Waals surface area contributed by atoms with Crippen LogP contribution in [-0.4, -0.2) is 444 Å². The second kappa shape index (κ2) is 63.0. The number of ether oxygens (including phenoxy) is 19. The van der Waals surface area contributed by atoms with Gasteiger partial charge in [-0.2, -0.15) is 0 Å². The van der Waals surface area contributed by atoms with Crippen molar-refractivity contribution >= 4 is 142 Å². The van der Waals surface area contributed by atoms with Gasteiger partial charge in [-0.3, -0.25) is 76.7 Å². The van der Waals surface area contributed by atoms with Crippen molar-refractivity contribution in [3.05, 3.63) is 0 Å². The lowest BCUT2D eigenvalue weighted by Crippen LogP contribution is -2.36. The minimum Gasteiger partial charge on any atom is -0.376 e. The molecule has 61 nitrogen and oxygen atoms in total. The van der Waals surface area contributed by atoms with Crippen LogP contribution in [0.3, 0.4) is 0 Å². The fraction of sp³-hybridized carbons (Fsp3) is 0.700. The molecular formula is C80H106N8O53. The molecule has 8 heterocycles. The molecule has 0 spiro atoms. The van der Waals surface area contributed by atoms with E-state index in [1.54, 1.807) is 0 Å². The Kier molecular flexibility index (Phi) is 51.1. The Hall–Kier alpha value is -12.0. The van der Waals surface area contributed by atoms with E-state index in [0.717, 1.165) is 0 Å². The van der Waals surface area contributed by atoms with Crippen molar-refractivity contribution in [1.82, 2.24) is 40.5 Å². The Balaban J connectivity index is 0.951. The van der Waals surface area contributed by atoms with E-state index in [4.69, 9.17) is 138 Å². The number of hydrogen-bond donors (Lipinski definition) is 0.